The van der Waals surface area contributed by atoms with E-state index in [1.54, 1.807) is 74.1 Å². The highest BCUT2D eigenvalue weighted by Gasteiger charge is 2.46. The average Bonchev–Trinajstić information content (AvgIpc) is 3.10. The number of aliphatic hydroxyl groups is 1. The highest BCUT2D eigenvalue weighted by Crippen LogP contribution is 2.40. The third kappa shape index (κ3) is 4.43. The Morgan fingerprint density at radius 3 is 2.33 bits per heavy atom. The van der Waals surface area contributed by atoms with Gasteiger partial charge in [0.15, 0.2) is 0 Å². The molecule has 0 aliphatic carbocycles. The Morgan fingerprint density at radius 1 is 1.03 bits per heavy atom. The summed E-state index contributed by atoms with van der Waals surface area (Å²) >= 11 is 0. The summed E-state index contributed by atoms with van der Waals surface area (Å²) in [7, 11) is 1.56. The van der Waals surface area contributed by atoms with E-state index in [9.17, 15) is 14.7 Å². The standard InChI is InChI=1S/C26H24N2O5/c1-3-33-21-12-8-19(9-13-21)24(29)22-23(18-6-10-20(32-2)11-7-18)28(26(31)25(22)30)16-17-5-4-14-27-15-17/h4-15,23,29H,3,16H2,1-2H3/b24-22+/t23-/m1/s1. The summed E-state index contributed by atoms with van der Waals surface area (Å²) in [6, 6.07) is 16.7. The van der Waals surface area contributed by atoms with Crippen LogP contribution in [-0.4, -0.2) is 40.4 Å². The van der Waals surface area contributed by atoms with Crippen LogP contribution in [0.25, 0.3) is 5.76 Å². The van der Waals surface area contributed by atoms with Crippen molar-refractivity contribution in [3.8, 4) is 11.5 Å². The van der Waals surface area contributed by atoms with Crippen LogP contribution in [0.2, 0.25) is 0 Å². The molecule has 2 heterocycles. The number of rotatable bonds is 7. The summed E-state index contributed by atoms with van der Waals surface area (Å²) in [6.45, 7) is 2.57. The Kier molecular flexibility index (Phi) is 6.40. The molecule has 0 spiro atoms. The minimum atomic E-state index is -0.761. The van der Waals surface area contributed by atoms with Crippen LogP contribution < -0.4 is 9.47 Å². The lowest BCUT2D eigenvalue weighted by Gasteiger charge is -2.25. The van der Waals surface area contributed by atoms with E-state index in [0.717, 1.165) is 5.56 Å². The number of amides is 1. The Morgan fingerprint density at radius 2 is 1.73 bits per heavy atom. The number of ether oxygens (including phenoxy) is 2. The van der Waals surface area contributed by atoms with Crippen LogP contribution in [0.15, 0.2) is 78.6 Å². The van der Waals surface area contributed by atoms with Gasteiger partial charge >= 0.3 is 0 Å². The first-order valence-corrected chi connectivity index (χ1v) is 10.6. The predicted octanol–water partition coefficient (Wildman–Crippen LogP) is 4.11. The highest BCUT2D eigenvalue weighted by molar-refractivity contribution is 6.46. The lowest BCUT2D eigenvalue weighted by Crippen LogP contribution is -2.29. The molecule has 2 aromatic carbocycles. The zero-order valence-corrected chi connectivity index (χ0v) is 18.4. The zero-order chi connectivity index (χ0) is 23.4. The molecule has 1 N–H and O–H groups in total. The van der Waals surface area contributed by atoms with Crippen molar-refractivity contribution in [1.82, 2.24) is 9.88 Å². The van der Waals surface area contributed by atoms with Gasteiger partial charge in [0.1, 0.15) is 17.3 Å². The largest absolute Gasteiger partial charge is 0.507 e. The maximum atomic E-state index is 13.1. The minimum absolute atomic E-state index is 0.0400. The van der Waals surface area contributed by atoms with Crippen molar-refractivity contribution in [2.75, 3.05) is 13.7 Å². The maximum absolute atomic E-state index is 13.1. The highest BCUT2D eigenvalue weighted by atomic mass is 16.5. The normalized spacial score (nSPS) is 17.3. The Balaban J connectivity index is 1.81. The summed E-state index contributed by atoms with van der Waals surface area (Å²) in [4.78, 5) is 31.8. The fraction of sp³-hybridized carbons (Fsp3) is 0.192. The van der Waals surface area contributed by atoms with Crippen LogP contribution in [0, 0.1) is 0 Å². The van der Waals surface area contributed by atoms with E-state index in [1.165, 1.54) is 4.90 Å². The van der Waals surface area contributed by atoms with E-state index in [2.05, 4.69) is 4.98 Å². The molecule has 0 bridgehead atoms. The number of pyridine rings is 1. The van der Waals surface area contributed by atoms with Crippen LogP contribution in [0.4, 0.5) is 0 Å². The summed E-state index contributed by atoms with van der Waals surface area (Å²) in [5.74, 6) is -0.337. The molecule has 1 amide bonds. The first kappa shape index (κ1) is 22.1. The monoisotopic (exact) mass is 444 g/mol. The quantitative estimate of drug-likeness (QED) is 0.335. The van der Waals surface area contributed by atoms with E-state index in [4.69, 9.17) is 9.47 Å². The van der Waals surface area contributed by atoms with Crippen molar-refractivity contribution < 1.29 is 24.2 Å². The van der Waals surface area contributed by atoms with Gasteiger partial charge in [-0.05, 0) is 60.5 Å². The summed E-state index contributed by atoms with van der Waals surface area (Å²) in [5, 5.41) is 11.1. The Bertz CT molecular complexity index is 1170. The summed E-state index contributed by atoms with van der Waals surface area (Å²) in [5.41, 5.74) is 1.93. The number of carbonyl (C=O) groups excluding carboxylic acids is 2. The Hall–Kier alpha value is -4.13. The van der Waals surface area contributed by atoms with Gasteiger partial charge in [-0.3, -0.25) is 14.6 Å². The molecule has 4 rings (SSSR count). The van der Waals surface area contributed by atoms with E-state index in [1.807, 2.05) is 13.0 Å². The number of methoxy groups -OCH3 is 1. The van der Waals surface area contributed by atoms with Crippen LogP contribution in [-0.2, 0) is 16.1 Å². The number of aliphatic hydroxyl groups excluding tert-OH is 1. The number of Topliss-reactive ketones (excluding diaryl/α,β-unsaturated/α-hetero) is 1. The number of carbonyl (C=O) groups is 2. The maximum Gasteiger partial charge on any atom is 0.295 e. The van der Waals surface area contributed by atoms with Crippen molar-refractivity contribution in [2.24, 2.45) is 0 Å². The molecule has 7 heteroatoms. The molecule has 7 nitrogen and oxygen atoms in total. The molecule has 0 unspecified atom stereocenters. The SMILES string of the molecule is CCOc1ccc(/C(O)=C2\C(=O)C(=O)N(Cc3cccnc3)[C@@H]2c2ccc(OC)cc2)cc1. The molecular weight excluding hydrogens is 420 g/mol. The number of nitrogens with zero attached hydrogens (tertiary/aromatic N) is 2. The molecule has 33 heavy (non-hydrogen) atoms. The van der Waals surface area contributed by atoms with E-state index in [0.29, 0.717) is 29.2 Å². The lowest BCUT2D eigenvalue weighted by atomic mass is 9.95. The first-order valence-electron chi connectivity index (χ1n) is 10.6. The van der Waals surface area contributed by atoms with Crippen molar-refractivity contribution in [3.05, 3.63) is 95.3 Å². The average molecular weight is 444 g/mol. The van der Waals surface area contributed by atoms with Gasteiger partial charge < -0.3 is 19.5 Å². The molecule has 3 aromatic rings. The van der Waals surface area contributed by atoms with Gasteiger partial charge in [0.2, 0.25) is 0 Å². The van der Waals surface area contributed by atoms with Crippen LogP contribution in [0.5, 0.6) is 11.5 Å². The molecule has 1 fully saturated rings. The summed E-state index contributed by atoms with van der Waals surface area (Å²) < 4.78 is 10.7. The van der Waals surface area contributed by atoms with Crippen LogP contribution >= 0.6 is 0 Å². The van der Waals surface area contributed by atoms with Gasteiger partial charge in [0.25, 0.3) is 11.7 Å². The lowest BCUT2D eigenvalue weighted by molar-refractivity contribution is -0.140. The second-order valence-corrected chi connectivity index (χ2v) is 7.52. The molecule has 1 aliphatic rings. The van der Waals surface area contributed by atoms with E-state index in [-0.39, 0.29) is 17.9 Å². The van der Waals surface area contributed by atoms with Crippen molar-refractivity contribution in [1.29, 1.82) is 0 Å². The van der Waals surface area contributed by atoms with Crippen LogP contribution in [0.3, 0.4) is 0 Å². The number of ketones is 1. The molecule has 168 valence electrons. The molecule has 0 saturated carbocycles. The Labute approximate surface area is 191 Å². The van der Waals surface area contributed by atoms with E-state index >= 15 is 0 Å². The molecule has 1 aliphatic heterocycles. The molecular formula is C26H24N2O5. The third-order valence-corrected chi connectivity index (χ3v) is 5.49. The van der Waals surface area contributed by atoms with Gasteiger partial charge in [-0.25, -0.2) is 0 Å². The van der Waals surface area contributed by atoms with Gasteiger partial charge in [0.05, 0.1) is 25.3 Å². The smallest absolute Gasteiger partial charge is 0.295 e. The van der Waals surface area contributed by atoms with Crippen molar-refractivity contribution in [2.45, 2.75) is 19.5 Å². The van der Waals surface area contributed by atoms with Gasteiger partial charge in [-0.2, -0.15) is 0 Å². The molecule has 1 saturated heterocycles. The molecule has 1 aromatic heterocycles. The van der Waals surface area contributed by atoms with Crippen LogP contribution in [0.1, 0.15) is 29.7 Å². The second kappa shape index (κ2) is 9.56. The van der Waals surface area contributed by atoms with Gasteiger partial charge in [-0.15, -0.1) is 0 Å². The zero-order valence-electron chi connectivity index (χ0n) is 18.4. The van der Waals surface area contributed by atoms with E-state index < -0.39 is 17.7 Å². The molecule has 1 atom stereocenters. The minimum Gasteiger partial charge on any atom is -0.507 e. The predicted molar refractivity (Wildman–Crippen MR) is 123 cm³/mol. The number of hydrogen-bond acceptors (Lipinski definition) is 6. The van der Waals surface area contributed by atoms with Crippen molar-refractivity contribution in [3.63, 3.8) is 0 Å². The number of likely N-dealkylation sites (tertiary alicyclic amines) is 1. The third-order valence-electron chi connectivity index (χ3n) is 5.49. The fourth-order valence-electron chi connectivity index (χ4n) is 3.90. The topological polar surface area (TPSA) is 89.0 Å². The first-order chi connectivity index (χ1) is 16.0. The molecule has 0 radical (unpaired) electrons. The van der Waals surface area contributed by atoms with Gasteiger partial charge in [0, 0.05) is 24.5 Å². The summed E-state index contributed by atoms with van der Waals surface area (Å²) in [6.07, 6.45) is 3.29. The number of aromatic nitrogens is 1. The second-order valence-electron chi connectivity index (χ2n) is 7.52. The fourth-order valence-corrected chi connectivity index (χ4v) is 3.90. The van der Waals surface area contributed by atoms with Crippen molar-refractivity contribution >= 4 is 17.4 Å². The van der Waals surface area contributed by atoms with Gasteiger partial charge in [-0.1, -0.05) is 18.2 Å². The number of benzene rings is 2. The number of hydrogen-bond donors (Lipinski definition) is 1.